The third-order valence-electron chi connectivity index (χ3n) is 3.66. The van der Waals surface area contributed by atoms with Gasteiger partial charge in [-0.3, -0.25) is 0 Å². The predicted molar refractivity (Wildman–Crippen MR) is 86.8 cm³/mol. The molecule has 21 heavy (non-hydrogen) atoms. The number of hydrogen-bond acceptors (Lipinski definition) is 3. The van der Waals surface area contributed by atoms with Crippen LogP contribution in [0.3, 0.4) is 0 Å². The first-order chi connectivity index (χ1) is 10.2. The molecule has 0 saturated heterocycles. The minimum Gasteiger partial charge on any atom is -0.383 e. The number of aromatic nitrogens is 2. The lowest BCUT2D eigenvalue weighted by Gasteiger charge is -2.14. The third kappa shape index (κ3) is 4.60. The average molecular weight is 287 g/mol. The Kier molecular flexibility index (Phi) is 5.81. The SMILES string of the molecule is COCCNc1nc(C)cn1CCC(C)c1ccccc1. The van der Waals surface area contributed by atoms with E-state index in [0.29, 0.717) is 12.5 Å². The van der Waals surface area contributed by atoms with Crippen molar-refractivity contribution in [1.29, 1.82) is 0 Å². The molecule has 0 aliphatic carbocycles. The van der Waals surface area contributed by atoms with Crippen LogP contribution in [0.15, 0.2) is 36.5 Å². The number of methoxy groups -OCH3 is 1. The first-order valence-electron chi connectivity index (χ1n) is 7.52. The van der Waals surface area contributed by atoms with Crippen molar-refractivity contribution in [3.8, 4) is 0 Å². The lowest BCUT2D eigenvalue weighted by atomic mass is 9.98. The van der Waals surface area contributed by atoms with Gasteiger partial charge in [0.25, 0.3) is 0 Å². The van der Waals surface area contributed by atoms with Crippen molar-refractivity contribution in [1.82, 2.24) is 9.55 Å². The number of anilines is 1. The second kappa shape index (κ2) is 7.84. The molecule has 4 nitrogen and oxygen atoms in total. The summed E-state index contributed by atoms with van der Waals surface area (Å²) in [5, 5.41) is 3.33. The Morgan fingerprint density at radius 2 is 2.05 bits per heavy atom. The van der Waals surface area contributed by atoms with Crippen LogP contribution in [0.1, 0.15) is 30.5 Å². The van der Waals surface area contributed by atoms with Gasteiger partial charge in [-0.1, -0.05) is 37.3 Å². The predicted octanol–water partition coefficient (Wildman–Crippen LogP) is 3.44. The summed E-state index contributed by atoms with van der Waals surface area (Å²) in [6.45, 7) is 6.73. The van der Waals surface area contributed by atoms with Crippen LogP contribution in [0.5, 0.6) is 0 Å². The Hall–Kier alpha value is -1.81. The fraction of sp³-hybridized carbons (Fsp3) is 0.471. The monoisotopic (exact) mass is 287 g/mol. The Morgan fingerprint density at radius 1 is 1.29 bits per heavy atom. The summed E-state index contributed by atoms with van der Waals surface area (Å²) in [4.78, 5) is 4.53. The van der Waals surface area contributed by atoms with Crippen molar-refractivity contribution >= 4 is 5.95 Å². The smallest absolute Gasteiger partial charge is 0.203 e. The maximum atomic E-state index is 5.07. The zero-order valence-electron chi connectivity index (χ0n) is 13.2. The van der Waals surface area contributed by atoms with E-state index in [1.165, 1.54) is 5.56 Å². The van der Waals surface area contributed by atoms with Gasteiger partial charge in [-0.2, -0.15) is 0 Å². The van der Waals surface area contributed by atoms with E-state index in [1.54, 1.807) is 7.11 Å². The maximum Gasteiger partial charge on any atom is 0.203 e. The van der Waals surface area contributed by atoms with Gasteiger partial charge in [0.05, 0.1) is 12.3 Å². The fourth-order valence-electron chi connectivity index (χ4n) is 2.40. The summed E-state index contributed by atoms with van der Waals surface area (Å²) < 4.78 is 7.27. The highest BCUT2D eigenvalue weighted by molar-refractivity contribution is 5.28. The van der Waals surface area contributed by atoms with Crippen molar-refractivity contribution < 1.29 is 4.74 Å². The summed E-state index contributed by atoms with van der Waals surface area (Å²) in [7, 11) is 1.71. The van der Waals surface area contributed by atoms with Crippen LogP contribution >= 0.6 is 0 Å². The second-order valence-electron chi connectivity index (χ2n) is 5.42. The Bertz CT molecular complexity index is 536. The van der Waals surface area contributed by atoms with Gasteiger partial charge in [0.15, 0.2) is 0 Å². The summed E-state index contributed by atoms with van der Waals surface area (Å²) in [5.41, 5.74) is 2.44. The third-order valence-corrected chi connectivity index (χ3v) is 3.66. The lowest BCUT2D eigenvalue weighted by Crippen LogP contribution is -2.13. The molecule has 0 fully saturated rings. The van der Waals surface area contributed by atoms with Gasteiger partial charge in [-0.25, -0.2) is 4.98 Å². The van der Waals surface area contributed by atoms with Crippen molar-refractivity contribution in [3.05, 3.63) is 47.8 Å². The van der Waals surface area contributed by atoms with E-state index in [2.05, 4.69) is 58.3 Å². The molecule has 0 aliphatic heterocycles. The minimum atomic E-state index is 0.542. The maximum absolute atomic E-state index is 5.07. The first-order valence-corrected chi connectivity index (χ1v) is 7.52. The molecule has 0 spiro atoms. The highest BCUT2D eigenvalue weighted by atomic mass is 16.5. The van der Waals surface area contributed by atoms with E-state index in [9.17, 15) is 0 Å². The lowest BCUT2D eigenvalue weighted by molar-refractivity contribution is 0.210. The van der Waals surface area contributed by atoms with Crippen LogP contribution in [0, 0.1) is 6.92 Å². The number of nitrogens with zero attached hydrogens (tertiary/aromatic N) is 2. The van der Waals surface area contributed by atoms with Crippen LogP contribution in [0.25, 0.3) is 0 Å². The molecular formula is C17H25N3O. The number of ether oxygens (including phenoxy) is 1. The Labute approximate surface area is 127 Å². The molecule has 0 amide bonds. The van der Waals surface area contributed by atoms with Gasteiger partial charge < -0.3 is 14.6 Å². The molecule has 2 rings (SSSR count). The molecule has 0 bridgehead atoms. The van der Waals surface area contributed by atoms with Crippen molar-refractivity contribution in [2.75, 3.05) is 25.6 Å². The molecule has 114 valence electrons. The van der Waals surface area contributed by atoms with Crippen LogP contribution in [0.2, 0.25) is 0 Å². The minimum absolute atomic E-state index is 0.542. The molecule has 1 aromatic carbocycles. The van der Waals surface area contributed by atoms with E-state index >= 15 is 0 Å². The van der Waals surface area contributed by atoms with E-state index in [4.69, 9.17) is 4.74 Å². The number of aryl methyl sites for hydroxylation is 2. The van der Waals surface area contributed by atoms with Gasteiger partial charge in [-0.05, 0) is 24.8 Å². The summed E-state index contributed by atoms with van der Waals surface area (Å²) in [6, 6.07) is 10.7. The zero-order valence-corrected chi connectivity index (χ0v) is 13.2. The molecule has 0 radical (unpaired) electrons. The number of nitrogens with one attached hydrogen (secondary N) is 1. The molecule has 4 heteroatoms. The van der Waals surface area contributed by atoms with Crippen LogP contribution in [-0.2, 0) is 11.3 Å². The van der Waals surface area contributed by atoms with E-state index in [1.807, 2.05) is 6.92 Å². The number of benzene rings is 1. The second-order valence-corrected chi connectivity index (χ2v) is 5.42. The number of hydrogen-bond donors (Lipinski definition) is 1. The van der Waals surface area contributed by atoms with Crippen molar-refractivity contribution in [3.63, 3.8) is 0 Å². The summed E-state index contributed by atoms with van der Waals surface area (Å²) >= 11 is 0. The normalized spacial score (nSPS) is 12.3. The Balaban J connectivity index is 1.93. The van der Waals surface area contributed by atoms with Crippen molar-refractivity contribution in [2.24, 2.45) is 0 Å². The molecule has 0 saturated carbocycles. The van der Waals surface area contributed by atoms with Crippen LogP contribution < -0.4 is 5.32 Å². The topological polar surface area (TPSA) is 39.1 Å². The summed E-state index contributed by atoms with van der Waals surface area (Å²) in [6.07, 6.45) is 3.20. The fourth-order valence-corrected chi connectivity index (χ4v) is 2.40. The highest BCUT2D eigenvalue weighted by Crippen LogP contribution is 2.20. The molecule has 1 N–H and O–H groups in total. The molecule has 1 unspecified atom stereocenters. The molecule has 2 aromatic rings. The average Bonchev–Trinajstić information content (AvgIpc) is 2.86. The molecule has 0 aliphatic rings. The van der Waals surface area contributed by atoms with Gasteiger partial charge in [0.2, 0.25) is 5.95 Å². The number of rotatable bonds is 8. The van der Waals surface area contributed by atoms with E-state index in [0.717, 1.165) is 31.2 Å². The molecule has 1 atom stereocenters. The standard InChI is InChI=1S/C17H25N3O/c1-14(16-7-5-4-6-8-16)9-11-20-13-15(2)19-17(20)18-10-12-21-3/h4-8,13-14H,9-12H2,1-3H3,(H,18,19). The van der Waals surface area contributed by atoms with E-state index < -0.39 is 0 Å². The first kappa shape index (κ1) is 15.6. The van der Waals surface area contributed by atoms with Gasteiger partial charge in [-0.15, -0.1) is 0 Å². The number of imidazole rings is 1. The van der Waals surface area contributed by atoms with E-state index in [-0.39, 0.29) is 0 Å². The quantitative estimate of drug-likeness (QED) is 0.756. The van der Waals surface area contributed by atoms with Crippen molar-refractivity contribution in [2.45, 2.75) is 32.7 Å². The molecule has 1 aromatic heterocycles. The Morgan fingerprint density at radius 3 is 2.76 bits per heavy atom. The van der Waals surface area contributed by atoms with Crippen LogP contribution in [0.4, 0.5) is 5.95 Å². The van der Waals surface area contributed by atoms with Crippen LogP contribution in [-0.4, -0.2) is 29.8 Å². The van der Waals surface area contributed by atoms with Gasteiger partial charge in [0, 0.05) is 26.4 Å². The van der Waals surface area contributed by atoms with Gasteiger partial charge in [0.1, 0.15) is 0 Å². The molecular weight excluding hydrogens is 262 g/mol. The molecule has 1 heterocycles. The largest absolute Gasteiger partial charge is 0.383 e. The zero-order chi connectivity index (χ0) is 15.1. The highest BCUT2D eigenvalue weighted by Gasteiger charge is 2.09. The summed E-state index contributed by atoms with van der Waals surface area (Å²) in [5.74, 6) is 1.48. The van der Waals surface area contributed by atoms with Gasteiger partial charge >= 0.3 is 0 Å².